The van der Waals surface area contributed by atoms with Gasteiger partial charge in [0.15, 0.2) is 0 Å². The van der Waals surface area contributed by atoms with Crippen molar-refractivity contribution in [1.82, 2.24) is 5.32 Å². The van der Waals surface area contributed by atoms with E-state index in [2.05, 4.69) is 32.9 Å². The maximum atomic E-state index is 12.3. The van der Waals surface area contributed by atoms with E-state index in [0.29, 0.717) is 0 Å². The molecule has 1 aromatic rings. The number of nitrogens with one attached hydrogen (secondary N) is 1. The Labute approximate surface area is 108 Å². The second kappa shape index (κ2) is 6.91. The summed E-state index contributed by atoms with van der Waals surface area (Å²) in [6, 6.07) is 5.01. The summed E-state index contributed by atoms with van der Waals surface area (Å²) in [5.74, 6) is 0.222. The zero-order valence-electron chi connectivity index (χ0n) is 9.84. The number of hydrogen-bond donors (Lipinski definition) is 1. The highest BCUT2D eigenvalue weighted by Crippen LogP contribution is 2.29. The molecule has 1 unspecified atom stereocenters. The highest BCUT2D eigenvalue weighted by atomic mass is 79.9. The lowest BCUT2D eigenvalue weighted by atomic mass is 10.1. The van der Waals surface area contributed by atoms with Gasteiger partial charge in [-0.3, -0.25) is 0 Å². The summed E-state index contributed by atoms with van der Waals surface area (Å²) in [4.78, 5) is 0. The molecule has 0 amide bonds. The summed E-state index contributed by atoms with van der Waals surface area (Å²) < 4.78 is 29.9. The highest BCUT2D eigenvalue weighted by Gasteiger charge is 2.14. The second-order valence-corrected chi connectivity index (χ2v) is 4.65. The molecule has 0 saturated carbocycles. The molecule has 17 heavy (non-hydrogen) atoms. The first-order valence-electron chi connectivity index (χ1n) is 5.52. The molecule has 0 saturated heterocycles. The number of hydrogen-bond acceptors (Lipinski definition) is 2. The molecular formula is C12H16BrF2NO. The fraction of sp³-hybridized carbons (Fsp3) is 0.500. The summed E-state index contributed by atoms with van der Waals surface area (Å²) in [6.07, 6.45) is 0.989. The quantitative estimate of drug-likeness (QED) is 0.854. The summed E-state index contributed by atoms with van der Waals surface area (Å²) in [5.41, 5.74) is 0.730. The van der Waals surface area contributed by atoms with E-state index in [1.807, 2.05) is 6.92 Å². The van der Waals surface area contributed by atoms with Crippen molar-refractivity contribution in [2.75, 3.05) is 6.54 Å². The van der Waals surface area contributed by atoms with Crippen molar-refractivity contribution in [3.63, 3.8) is 0 Å². The molecule has 0 aliphatic carbocycles. The zero-order chi connectivity index (χ0) is 12.8. The van der Waals surface area contributed by atoms with Crippen molar-refractivity contribution in [3.05, 3.63) is 28.2 Å². The van der Waals surface area contributed by atoms with Crippen molar-refractivity contribution in [1.29, 1.82) is 0 Å². The Morgan fingerprint density at radius 2 is 2.12 bits per heavy atom. The van der Waals surface area contributed by atoms with Gasteiger partial charge in [0.1, 0.15) is 5.75 Å². The summed E-state index contributed by atoms with van der Waals surface area (Å²) >= 11 is 3.33. The lowest BCUT2D eigenvalue weighted by Gasteiger charge is -2.18. The molecular weight excluding hydrogens is 292 g/mol. The molecule has 0 heterocycles. The summed E-state index contributed by atoms with van der Waals surface area (Å²) in [7, 11) is 0. The van der Waals surface area contributed by atoms with Crippen LogP contribution in [0.5, 0.6) is 5.75 Å². The molecule has 5 heteroatoms. The van der Waals surface area contributed by atoms with E-state index in [4.69, 9.17) is 0 Å². The average Bonchev–Trinajstić information content (AvgIpc) is 2.27. The normalized spacial score (nSPS) is 12.8. The molecule has 0 aliphatic heterocycles. The molecule has 0 fully saturated rings. The number of rotatable bonds is 6. The second-order valence-electron chi connectivity index (χ2n) is 3.74. The maximum Gasteiger partial charge on any atom is 0.387 e. The van der Waals surface area contributed by atoms with E-state index in [0.717, 1.165) is 23.0 Å². The van der Waals surface area contributed by atoms with Crippen molar-refractivity contribution in [2.24, 2.45) is 0 Å². The maximum absolute atomic E-state index is 12.3. The number of ether oxygens (including phenoxy) is 1. The molecule has 1 aromatic carbocycles. The van der Waals surface area contributed by atoms with Crippen LogP contribution in [0.15, 0.2) is 22.7 Å². The number of alkyl halides is 2. The Kier molecular flexibility index (Phi) is 5.85. The van der Waals surface area contributed by atoms with Crippen LogP contribution in [0.3, 0.4) is 0 Å². The van der Waals surface area contributed by atoms with Gasteiger partial charge in [-0.15, -0.1) is 0 Å². The van der Waals surface area contributed by atoms with Crippen molar-refractivity contribution < 1.29 is 13.5 Å². The van der Waals surface area contributed by atoms with Gasteiger partial charge in [-0.25, -0.2) is 0 Å². The molecule has 1 atom stereocenters. The molecule has 0 spiro atoms. The van der Waals surface area contributed by atoms with Crippen LogP contribution in [0.1, 0.15) is 31.9 Å². The third-order valence-corrected chi connectivity index (χ3v) is 2.85. The minimum Gasteiger partial charge on any atom is -0.434 e. The molecule has 1 N–H and O–H groups in total. The minimum atomic E-state index is -2.80. The molecule has 0 aromatic heterocycles. The molecule has 0 aliphatic rings. The van der Waals surface area contributed by atoms with Crippen LogP contribution in [0.4, 0.5) is 8.78 Å². The first-order chi connectivity index (χ1) is 8.04. The Hall–Kier alpha value is -0.680. The summed E-state index contributed by atoms with van der Waals surface area (Å²) in [5, 5.41) is 3.24. The van der Waals surface area contributed by atoms with Crippen molar-refractivity contribution in [2.45, 2.75) is 32.9 Å². The largest absolute Gasteiger partial charge is 0.434 e. The van der Waals surface area contributed by atoms with E-state index in [9.17, 15) is 8.78 Å². The third kappa shape index (κ3) is 4.60. The smallest absolute Gasteiger partial charge is 0.387 e. The lowest BCUT2D eigenvalue weighted by Crippen LogP contribution is -2.20. The standard InChI is InChI=1S/C12H16BrF2NO/c1-3-6-16-8(2)10-7-9(13)4-5-11(10)17-12(14)15/h4-5,7-8,12,16H,3,6H2,1-2H3. The van der Waals surface area contributed by atoms with E-state index < -0.39 is 6.61 Å². The van der Waals surface area contributed by atoms with Crippen LogP contribution in [0.25, 0.3) is 0 Å². The third-order valence-electron chi connectivity index (χ3n) is 2.35. The summed E-state index contributed by atoms with van der Waals surface area (Å²) in [6.45, 7) is 2.02. The first-order valence-corrected chi connectivity index (χ1v) is 6.31. The zero-order valence-corrected chi connectivity index (χ0v) is 11.4. The van der Waals surface area contributed by atoms with Gasteiger partial charge in [0.2, 0.25) is 0 Å². The topological polar surface area (TPSA) is 21.3 Å². The molecule has 1 rings (SSSR count). The highest BCUT2D eigenvalue weighted by molar-refractivity contribution is 9.10. The Morgan fingerprint density at radius 1 is 1.41 bits per heavy atom. The first kappa shape index (κ1) is 14.4. The molecule has 96 valence electrons. The molecule has 0 radical (unpaired) electrons. The predicted molar refractivity (Wildman–Crippen MR) is 67.5 cm³/mol. The van der Waals surface area contributed by atoms with Crippen LogP contribution in [0.2, 0.25) is 0 Å². The van der Waals surface area contributed by atoms with Crippen LogP contribution < -0.4 is 10.1 Å². The van der Waals surface area contributed by atoms with E-state index in [1.54, 1.807) is 18.2 Å². The van der Waals surface area contributed by atoms with Gasteiger partial charge in [0.05, 0.1) is 0 Å². The lowest BCUT2D eigenvalue weighted by molar-refractivity contribution is -0.0506. The van der Waals surface area contributed by atoms with Gasteiger partial charge in [-0.05, 0) is 38.1 Å². The fourth-order valence-electron chi connectivity index (χ4n) is 1.53. The number of halogens is 3. The number of benzene rings is 1. The van der Waals surface area contributed by atoms with Crippen molar-refractivity contribution in [3.8, 4) is 5.75 Å². The van der Waals surface area contributed by atoms with Crippen LogP contribution >= 0.6 is 15.9 Å². The molecule has 2 nitrogen and oxygen atoms in total. The van der Waals surface area contributed by atoms with Crippen LogP contribution in [-0.2, 0) is 0 Å². The fourth-order valence-corrected chi connectivity index (χ4v) is 1.91. The predicted octanol–water partition coefficient (Wildman–Crippen LogP) is 4.11. The minimum absolute atomic E-state index is 0.0267. The van der Waals surface area contributed by atoms with E-state index in [-0.39, 0.29) is 11.8 Å². The van der Waals surface area contributed by atoms with Crippen LogP contribution in [0, 0.1) is 0 Å². The molecule has 0 bridgehead atoms. The van der Waals surface area contributed by atoms with Crippen LogP contribution in [-0.4, -0.2) is 13.2 Å². The van der Waals surface area contributed by atoms with Gasteiger partial charge in [-0.2, -0.15) is 8.78 Å². The van der Waals surface area contributed by atoms with Gasteiger partial charge in [-0.1, -0.05) is 22.9 Å². The van der Waals surface area contributed by atoms with Gasteiger partial charge in [0.25, 0.3) is 0 Å². The van der Waals surface area contributed by atoms with E-state index in [1.165, 1.54) is 0 Å². The van der Waals surface area contributed by atoms with Crippen molar-refractivity contribution >= 4 is 15.9 Å². The van der Waals surface area contributed by atoms with Gasteiger partial charge < -0.3 is 10.1 Å². The Morgan fingerprint density at radius 3 is 2.71 bits per heavy atom. The van der Waals surface area contributed by atoms with E-state index >= 15 is 0 Å². The SMILES string of the molecule is CCCNC(C)c1cc(Br)ccc1OC(F)F. The van der Waals surface area contributed by atoms with Gasteiger partial charge in [0, 0.05) is 16.1 Å². The Balaban J connectivity index is 2.89. The Bertz CT molecular complexity index is 360. The van der Waals surface area contributed by atoms with Gasteiger partial charge >= 0.3 is 6.61 Å². The monoisotopic (exact) mass is 307 g/mol. The average molecular weight is 308 g/mol.